The van der Waals surface area contributed by atoms with Crippen LogP contribution in [0, 0.1) is 11.6 Å². The van der Waals surface area contributed by atoms with E-state index in [9.17, 15) is 13.6 Å². The Labute approximate surface area is 154 Å². The maximum atomic E-state index is 14.2. The summed E-state index contributed by atoms with van der Waals surface area (Å²) in [4.78, 5) is 16.9. The number of ether oxygens (including phenoxy) is 1. The molecule has 3 aromatic rings. The number of nitrogens with zero attached hydrogens (tertiary/aromatic N) is 2. The van der Waals surface area contributed by atoms with E-state index in [1.807, 2.05) is 0 Å². The number of benzene rings is 2. The molecule has 0 atom stereocenters. The molecule has 0 bridgehead atoms. The highest BCUT2D eigenvalue weighted by atomic mass is 19.1. The molecule has 0 amide bonds. The molecule has 0 spiro atoms. The standard InChI is InChI=1S/C20H17F2N3O2/c1-25-19(26)15(12-4-2-3-5-16(12)21)11-24-20(25)23-10-14-13-8-9-27-18(13)7-6-17(14)22/h2-7,11H,8-10H2,1H3,(H,23,24). The lowest BCUT2D eigenvalue weighted by molar-refractivity contribution is 0.356. The van der Waals surface area contributed by atoms with E-state index in [2.05, 4.69) is 10.3 Å². The summed E-state index contributed by atoms with van der Waals surface area (Å²) < 4.78 is 35.0. The summed E-state index contributed by atoms with van der Waals surface area (Å²) in [7, 11) is 1.54. The molecule has 0 saturated heterocycles. The molecule has 7 heteroatoms. The third-order valence-electron chi connectivity index (χ3n) is 4.70. The van der Waals surface area contributed by atoms with E-state index in [4.69, 9.17) is 4.74 Å². The molecule has 0 radical (unpaired) electrons. The molecule has 1 N–H and O–H groups in total. The van der Waals surface area contributed by atoms with Gasteiger partial charge in [0.05, 0.1) is 12.2 Å². The molecule has 2 heterocycles. The van der Waals surface area contributed by atoms with Crippen LogP contribution in [0.1, 0.15) is 11.1 Å². The minimum Gasteiger partial charge on any atom is -0.493 e. The second kappa shape index (κ2) is 6.83. The van der Waals surface area contributed by atoms with E-state index >= 15 is 0 Å². The Morgan fingerprint density at radius 3 is 2.78 bits per heavy atom. The number of rotatable bonds is 4. The Hall–Kier alpha value is -3.22. The lowest BCUT2D eigenvalue weighted by Crippen LogP contribution is -2.24. The first-order valence-electron chi connectivity index (χ1n) is 8.54. The lowest BCUT2D eigenvalue weighted by Gasteiger charge is -2.14. The molecule has 1 aromatic heterocycles. The van der Waals surface area contributed by atoms with Crippen LogP contribution in [0.5, 0.6) is 5.75 Å². The van der Waals surface area contributed by atoms with Crippen LogP contribution in [-0.4, -0.2) is 16.2 Å². The van der Waals surface area contributed by atoms with Crippen molar-refractivity contribution in [3.63, 3.8) is 0 Å². The molecule has 0 fully saturated rings. The van der Waals surface area contributed by atoms with Crippen molar-refractivity contribution in [2.24, 2.45) is 7.05 Å². The van der Waals surface area contributed by atoms with Crippen molar-refractivity contribution in [1.82, 2.24) is 9.55 Å². The Morgan fingerprint density at radius 2 is 1.96 bits per heavy atom. The van der Waals surface area contributed by atoms with Crippen molar-refractivity contribution in [2.45, 2.75) is 13.0 Å². The Kier molecular flexibility index (Phi) is 4.35. The number of nitrogens with one attached hydrogen (secondary N) is 1. The van der Waals surface area contributed by atoms with Gasteiger partial charge in [-0.2, -0.15) is 0 Å². The van der Waals surface area contributed by atoms with Gasteiger partial charge in [-0.1, -0.05) is 18.2 Å². The third-order valence-corrected chi connectivity index (χ3v) is 4.70. The van der Waals surface area contributed by atoms with E-state index in [1.165, 1.54) is 36.0 Å². The van der Waals surface area contributed by atoms with Crippen LogP contribution >= 0.6 is 0 Å². The highest BCUT2D eigenvalue weighted by Gasteiger charge is 2.20. The average molecular weight is 369 g/mol. The second-order valence-electron chi connectivity index (χ2n) is 6.29. The SMILES string of the molecule is Cn1c(NCc2c(F)ccc3c2CCO3)ncc(-c2ccccc2F)c1=O. The van der Waals surface area contributed by atoms with Gasteiger partial charge in [-0.25, -0.2) is 13.8 Å². The Balaban J connectivity index is 1.64. The van der Waals surface area contributed by atoms with Gasteiger partial charge in [0.1, 0.15) is 17.4 Å². The number of fused-ring (bicyclic) bond motifs is 1. The van der Waals surface area contributed by atoms with Crippen LogP contribution < -0.4 is 15.6 Å². The summed E-state index contributed by atoms with van der Waals surface area (Å²) in [6.45, 7) is 0.692. The molecule has 1 aliphatic heterocycles. The first kappa shape index (κ1) is 17.2. The summed E-state index contributed by atoms with van der Waals surface area (Å²) in [5, 5.41) is 3.00. The molecule has 0 aliphatic carbocycles. The summed E-state index contributed by atoms with van der Waals surface area (Å²) in [6, 6.07) is 9.03. The number of aromatic nitrogens is 2. The van der Waals surface area contributed by atoms with Gasteiger partial charge in [-0.05, 0) is 18.2 Å². The quantitative estimate of drug-likeness (QED) is 0.767. The van der Waals surface area contributed by atoms with Crippen molar-refractivity contribution in [1.29, 1.82) is 0 Å². The Bertz CT molecular complexity index is 1080. The fraction of sp³-hybridized carbons (Fsp3) is 0.200. The zero-order chi connectivity index (χ0) is 19.0. The smallest absolute Gasteiger partial charge is 0.262 e. The van der Waals surface area contributed by atoms with Crippen molar-refractivity contribution < 1.29 is 13.5 Å². The van der Waals surface area contributed by atoms with Crippen molar-refractivity contribution in [2.75, 3.05) is 11.9 Å². The Morgan fingerprint density at radius 1 is 1.15 bits per heavy atom. The fourth-order valence-electron chi connectivity index (χ4n) is 3.25. The van der Waals surface area contributed by atoms with Crippen LogP contribution in [0.25, 0.3) is 11.1 Å². The largest absolute Gasteiger partial charge is 0.493 e. The highest BCUT2D eigenvalue weighted by molar-refractivity contribution is 5.62. The minimum absolute atomic E-state index is 0.164. The third kappa shape index (κ3) is 3.05. The maximum Gasteiger partial charge on any atom is 0.262 e. The fourth-order valence-corrected chi connectivity index (χ4v) is 3.25. The summed E-state index contributed by atoms with van der Waals surface area (Å²) in [6.07, 6.45) is 1.97. The molecular formula is C20H17F2N3O2. The maximum absolute atomic E-state index is 14.2. The van der Waals surface area contributed by atoms with Gasteiger partial charge >= 0.3 is 0 Å². The summed E-state index contributed by atoms with van der Waals surface area (Å²) in [5.74, 6) is 0.139. The summed E-state index contributed by atoms with van der Waals surface area (Å²) >= 11 is 0. The molecule has 1 aliphatic rings. The van der Waals surface area contributed by atoms with Crippen LogP contribution in [0.3, 0.4) is 0 Å². The van der Waals surface area contributed by atoms with Crippen molar-refractivity contribution >= 4 is 5.95 Å². The first-order valence-corrected chi connectivity index (χ1v) is 8.54. The van der Waals surface area contributed by atoms with Gasteiger partial charge in [0.15, 0.2) is 0 Å². The van der Waals surface area contributed by atoms with Gasteiger partial charge in [0, 0.05) is 42.9 Å². The van der Waals surface area contributed by atoms with E-state index in [0.29, 0.717) is 24.3 Å². The molecule has 138 valence electrons. The molecule has 5 nitrogen and oxygen atoms in total. The lowest BCUT2D eigenvalue weighted by atomic mass is 10.0. The topological polar surface area (TPSA) is 56.1 Å². The molecule has 27 heavy (non-hydrogen) atoms. The number of hydrogen-bond acceptors (Lipinski definition) is 4. The number of halogens is 2. The first-order chi connectivity index (χ1) is 13.1. The van der Waals surface area contributed by atoms with Crippen molar-refractivity contribution in [3.05, 3.63) is 75.7 Å². The second-order valence-corrected chi connectivity index (χ2v) is 6.29. The predicted molar refractivity (Wildman–Crippen MR) is 97.8 cm³/mol. The van der Waals surface area contributed by atoms with E-state index in [1.54, 1.807) is 18.2 Å². The zero-order valence-electron chi connectivity index (χ0n) is 14.6. The normalized spacial score (nSPS) is 12.6. The van der Waals surface area contributed by atoms with E-state index in [-0.39, 0.29) is 35.0 Å². The van der Waals surface area contributed by atoms with Crippen LogP contribution in [0.15, 0.2) is 47.4 Å². The molecule has 2 aromatic carbocycles. The monoisotopic (exact) mass is 369 g/mol. The van der Waals surface area contributed by atoms with Gasteiger partial charge in [-0.15, -0.1) is 0 Å². The van der Waals surface area contributed by atoms with Crippen LogP contribution in [-0.2, 0) is 20.0 Å². The minimum atomic E-state index is -0.487. The van der Waals surface area contributed by atoms with Gasteiger partial charge in [0.2, 0.25) is 5.95 Å². The molecule has 0 unspecified atom stereocenters. The van der Waals surface area contributed by atoms with Gasteiger partial charge in [-0.3, -0.25) is 9.36 Å². The van der Waals surface area contributed by atoms with E-state index in [0.717, 1.165) is 5.56 Å². The molecular weight excluding hydrogens is 352 g/mol. The molecule has 4 rings (SSSR count). The number of anilines is 1. The van der Waals surface area contributed by atoms with E-state index < -0.39 is 5.82 Å². The summed E-state index contributed by atoms with van der Waals surface area (Å²) in [5.41, 5.74) is 1.30. The van der Waals surface area contributed by atoms with Crippen LogP contribution in [0.4, 0.5) is 14.7 Å². The molecule has 0 saturated carbocycles. The predicted octanol–water partition coefficient (Wildman–Crippen LogP) is 3.27. The van der Waals surface area contributed by atoms with Gasteiger partial charge < -0.3 is 10.1 Å². The zero-order valence-corrected chi connectivity index (χ0v) is 14.6. The van der Waals surface area contributed by atoms with Crippen LogP contribution in [0.2, 0.25) is 0 Å². The van der Waals surface area contributed by atoms with Crippen molar-refractivity contribution in [3.8, 4) is 16.9 Å². The van der Waals surface area contributed by atoms with Gasteiger partial charge in [0.25, 0.3) is 5.56 Å². The number of hydrogen-bond donors (Lipinski definition) is 1. The highest BCUT2D eigenvalue weighted by Crippen LogP contribution is 2.30. The average Bonchev–Trinajstić information content (AvgIpc) is 3.14.